The topological polar surface area (TPSA) is 29.1 Å². The van der Waals surface area contributed by atoms with E-state index < -0.39 is 5.82 Å². The molecule has 0 saturated carbocycles. The molecular weight excluding hydrogens is 289 g/mol. The molecule has 1 amide bonds. The van der Waals surface area contributed by atoms with E-state index in [0.29, 0.717) is 17.9 Å². The number of aryl methyl sites for hydroxylation is 2. The summed E-state index contributed by atoms with van der Waals surface area (Å²) in [4.78, 5) is 11.8. The van der Waals surface area contributed by atoms with E-state index in [-0.39, 0.29) is 11.6 Å². The van der Waals surface area contributed by atoms with Crippen LogP contribution in [-0.2, 0) is 17.6 Å². The molecule has 2 nitrogen and oxygen atoms in total. The molecule has 0 fully saturated rings. The fourth-order valence-corrected chi connectivity index (χ4v) is 2.16. The summed E-state index contributed by atoms with van der Waals surface area (Å²) in [6.45, 7) is 2.10. The smallest absolute Gasteiger partial charge is 0.224 e. The van der Waals surface area contributed by atoms with Gasteiger partial charge in [-0.2, -0.15) is 0 Å². The van der Waals surface area contributed by atoms with Crippen molar-refractivity contribution in [3.05, 3.63) is 64.4 Å². The Kier molecular flexibility index (Phi) is 5.34. The number of nitrogens with one attached hydrogen (secondary N) is 1. The first kappa shape index (κ1) is 15.5. The number of benzene rings is 2. The fraction of sp³-hybridized carbons (Fsp3) is 0.235. The molecule has 0 aromatic heterocycles. The predicted molar refractivity (Wildman–Crippen MR) is 84.2 cm³/mol. The summed E-state index contributed by atoms with van der Waals surface area (Å²) in [6, 6.07) is 12.4. The maximum atomic E-state index is 13.6. The Balaban J connectivity index is 1.89. The molecule has 0 atom stereocenters. The van der Waals surface area contributed by atoms with E-state index in [1.807, 2.05) is 12.1 Å². The van der Waals surface area contributed by atoms with Crippen LogP contribution >= 0.6 is 11.6 Å². The summed E-state index contributed by atoms with van der Waals surface area (Å²) >= 11 is 5.67. The van der Waals surface area contributed by atoms with Crippen molar-refractivity contribution in [2.75, 3.05) is 5.32 Å². The molecule has 0 heterocycles. The maximum Gasteiger partial charge on any atom is 0.224 e. The van der Waals surface area contributed by atoms with E-state index in [9.17, 15) is 9.18 Å². The molecule has 0 aliphatic heterocycles. The summed E-state index contributed by atoms with van der Waals surface area (Å²) < 4.78 is 13.6. The molecule has 21 heavy (non-hydrogen) atoms. The van der Waals surface area contributed by atoms with Gasteiger partial charge in [0.05, 0.1) is 5.69 Å². The molecule has 0 bridgehead atoms. The second kappa shape index (κ2) is 7.23. The van der Waals surface area contributed by atoms with E-state index >= 15 is 0 Å². The van der Waals surface area contributed by atoms with Gasteiger partial charge in [0.15, 0.2) is 0 Å². The van der Waals surface area contributed by atoms with Crippen LogP contribution in [0.25, 0.3) is 0 Å². The highest BCUT2D eigenvalue weighted by Crippen LogP contribution is 2.19. The van der Waals surface area contributed by atoms with Gasteiger partial charge >= 0.3 is 0 Å². The normalized spacial score (nSPS) is 10.4. The first-order valence-electron chi connectivity index (χ1n) is 6.91. The lowest BCUT2D eigenvalue weighted by Crippen LogP contribution is -2.13. The Hall–Kier alpha value is -1.87. The molecule has 0 radical (unpaired) electrons. The summed E-state index contributed by atoms with van der Waals surface area (Å²) in [5, 5.41) is 2.86. The number of halogens is 2. The van der Waals surface area contributed by atoms with Crippen LogP contribution in [0.5, 0.6) is 0 Å². The molecule has 1 N–H and O–H groups in total. The van der Waals surface area contributed by atoms with E-state index in [4.69, 9.17) is 11.6 Å². The largest absolute Gasteiger partial charge is 0.324 e. The summed E-state index contributed by atoms with van der Waals surface area (Å²) in [5.74, 6) is -0.737. The third-order valence-corrected chi connectivity index (χ3v) is 3.51. The van der Waals surface area contributed by atoms with Crippen LogP contribution in [0.15, 0.2) is 42.5 Å². The minimum atomic E-state index is -0.525. The average Bonchev–Trinajstić information content (AvgIpc) is 2.48. The van der Waals surface area contributed by atoms with Crippen molar-refractivity contribution < 1.29 is 9.18 Å². The zero-order valence-electron chi connectivity index (χ0n) is 11.8. The van der Waals surface area contributed by atoms with Crippen LogP contribution in [0.3, 0.4) is 0 Å². The van der Waals surface area contributed by atoms with Gasteiger partial charge in [0.2, 0.25) is 5.91 Å². The standard InChI is InChI=1S/C17H17ClFNO/c1-2-12-3-5-13(6-4-12)7-10-17(21)20-16-9-8-14(18)11-15(16)19/h3-6,8-9,11H,2,7,10H2,1H3,(H,20,21). The van der Waals surface area contributed by atoms with Gasteiger partial charge in [0, 0.05) is 11.4 Å². The number of amides is 1. The Bertz CT molecular complexity index is 625. The lowest BCUT2D eigenvalue weighted by Gasteiger charge is -2.07. The van der Waals surface area contributed by atoms with Gasteiger partial charge in [-0.05, 0) is 42.2 Å². The van der Waals surface area contributed by atoms with Gasteiger partial charge in [0.25, 0.3) is 0 Å². The molecule has 2 rings (SSSR count). The van der Waals surface area contributed by atoms with Gasteiger partial charge in [-0.3, -0.25) is 4.79 Å². The fourth-order valence-electron chi connectivity index (χ4n) is 2.00. The lowest BCUT2D eigenvalue weighted by molar-refractivity contribution is -0.116. The molecule has 110 valence electrons. The zero-order chi connectivity index (χ0) is 15.2. The molecule has 0 aliphatic rings. The van der Waals surface area contributed by atoms with E-state index in [1.54, 1.807) is 6.07 Å². The monoisotopic (exact) mass is 305 g/mol. The van der Waals surface area contributed by atoms with Crippen molar-refractivity contribution in [3.63, 3.8) is 0 Å². The number of carbonyl (C=O) groups excluding carboxylic acids is 1. The molecular formula is C17H17ClFNO. The Labute approximate surface area is 128 Å². The number of hydrogen-bond donors (Lipinski definition) is 1. The minimum Gasteiger partial charge on any atom is -0.324 e. The van der Waals surface area contributed by atoms with Gasteiger partial charge in [-0.15, -0.1) is 0 Å². The van der Waals surface area contributed by atoms with Crippen LogP contribution in [0.2, 0.25) is 5.02 Å². The van der Waals surface area contributed by atoms with Gasteiger partial charge in [-0.1, -0.05) is 42.8 Å². The van der Waals surface area contributed by atoms with Crippen LogP contribution in [0.4, 0.5) is 10.1 Å². The van der Waals surface area contributed by atoms with E-state index in [0.717, 1.165) is 12.0 Å². The van der Waals surface area contributed by atoms with E-state index in [1.165, 1.54) is 17.7 Å². The van der Waals surface area contributed by atoms with E-state index in [2.05, 4.69) is 24.4 Å². The minimum absolute atomic E-state index is 0.158. The number of rotatable bonds is 5. The molecule has 0 spiro atoms. The maximum absolute atomic E-state index is 13.6. The van der Waals surface area contributed by atoms with Crippen molar-refractivity contribution >= 4 is 23.2 Å². The van der Waals surface area contributed by atoms with Crippen LogP contribution in [0, 0.1) is 5.82 Å². The second-order valence-corrected chi connectivity index (χ2v) is 5.28. The summed E-state index contributed by atoms with van der Waals surface area (Å²) in [5.41, 5.74) is 2.52. The second-order valence-electron chi connectivity index (χ2n) is 4.84. The van der Waals surface area contributed by atoms with Crippen molar-refractivity contribution in [1.82, 2.24) is 0 Å². The third kappa shape index (κ3) is 4.57. The predicted octanol–water partition coefficient (Wildman–Crippen LogP) is 4.61. The lowest BCUT2D eigenvalue weighted by atomic mass is 10.1. The summed E-state index contributed by atoms with van der Waals surface area (Å²) in [6.07, 6.45) is 1.94. The first-order chi connectivity index (χ1) is 10.1. The third-order valence-electron chi connectivity index (χ3n) is 3.28. The Morgan fingerprint density at radius 2 is 1.81 bits per heavy atom. The molecule has 2 aromatic carbocycles. The van der Waals surface area contributed by atoms with Crippen LogP contribution in [0.1, 0.15) is 24.5 Å². The Morgan fingerprint density at radius 3 is 2.43 bits per heavy atom. The molecule has 0 saturated heterocycles. The molecule has 0 aliphatic carbocycles. The molecule has 4 heteroatoms. The molecule has 0 unspecified atom stereocenters. The summed E-state index contributed by atoms with van der Waals surface area (Å²) in [7, 11) is 0. The Morgan fingerprint density at radius 1 is 1.14 bits per heavy atom. The van der Waals surface area contributed by atoms with Crippen LogP contribution < -0.4 is 5.32 Å². The highest BCUT2D eigenvalue weighted by Gasteiger charge is 2.07. The average molecular weight is 306 g/mol. The SMILES string of the molecule is CCc1ccc(CCC(=O)Nc2ccc(Cl)cc2F)cc1. The highest BCUT2D eigenvalue weighted by molar-refractivity contribution is 6.30. The zero-order valence-corrected chi connectivity index (χ0v) is 12.6. The number of hydrogen-bond acceptors (Lipinski definition) is 1. The first-order valence-corrected chi connectivity index (χ1v) is 7.29. The van der Waals surface area contributed by atoms with Crippen molar-refractivity contribution in [3.8, 4) is 0 Å². The number of carbonyl (C=O) groups is 1. The van der Waals surface area contributed by atoms with Gasteiger partial charge in [-0.25, -0.2) is 4.39 Å². The van der Waals surface area contributed by atoms with Gasteiger partial charge < -0.3 is 5.32 Å². The van der Waals surface area contributed by atoms with Crippen LogP contribution in [-0.4, -0.2) is 5.91 Å². The highest BCUT2D eigenvalue weighted by atomic mass is 35.5. The van der Waals surface area contributed by atoms with Gasteiger partial charge in [0.1, 0.15) is 5.82 Å². The van der Waals surface area contributed by atoms with Crippen molar-refractivity contribution in [2.24, 2.45) is 0 Å². The number of anilines is 1. The quantitative estimate of drug-likeness (QED) is 0.858. The van der Waals surface area contributed by atoms with Crippen molar-refractivity contribution in [2.45, 2.75) is 26.2 Å². The van der Waals surface area contributed by atoms with Crippen molar-refractivity contribution in [1.29, 1.82) is 0 Å². The molecule has 2 aromatic rings.